The summed E-state index contributed by atoms with van der Waals surface area (Å²) in [4.78, 5) is 90.8. The number of hydrogen-bond donors (Lipinski definition) is 2. The van der Waals surface area contributed by atoms with Gasteiger partial charge in [0.05, 0.1) is 23.5 Å². The monoisotopic (exact) mass is 871 g/mol. The van der Waals surface area contributed by atoms with Gasteiger partial charge in [0.25, 0.3) is 0 Å². The lowest BCUT2D eigenvalue weighted by atomic mass is 9.93. The Balaban J connectivity index is 0.00000401. The highest BCUT2D eigenvalue weighted by molar-refractivity contribution is 7.09. The Kier molecular flexibility index (Phi) is 18.2. The van der Waals surface area contributed by atoms with Crippen LogP contribution >= 0.6 is 22.9 Å². The van der Waals surface area contributed by atoms with Crippen molar-refractivity contribution in [3.8, 4) is 5.75 Å². The summed E-state index contributed by atoms with van der Waals surface area (Å²) in [6.07, 6.45) is -1.14. The first-order valence-electron chi connectivity index (χ1n) is 18.7. The molecule has 3 amide bonds. The van der Waals surface area contributed by atoms with Gasteiger partial charge in [-0.2, -0.15) is 9.59 Å². The second kappa shape index (κ2) is 21.6. The van der Waals surface area contributed by atoms with Gasteiger partial charge in [0.1, 0.15) is 34.1 Å². The zero-order chi connectivity index (χ0) is 45.6. The van der Waals surface area contributed by atoms with Crippen molar-refractivity contribution < 1.29 is 52.5 Å². The normalized spacial score (nSPS) is 11.4. The van der Waals surface area contributed by atoms with Crippen LogP contribution in [0.2, 0.25) is 5.02 Å². The van der Waals surface area contributed by atoms with Gasteiger partial charge in [-0.3, -0.25) is 20.2 Å². The lowest BCUT2D eigenvalue weighted by Gasteiger charge is -2.25. The van der Waals surface area contributed by atoms with E-state index >= 15 is 0 Å². The Labute approximate surface area is 359 Å². The van der Waals surface area contributed by atoms with E-state index in [9.17, 15) is 24.0 Å². The van der Waals surface area contributed by atoms with E-state index in [1.807, 2.05) is 5.38 Å². The molecule has 0 bridgehead atoms. The number of aromatic nitrogens is 1. The van der Waals surface area contributed by atoms with Crippen LogP contribution in [-0.4, -0.2) is 75.4 Å². The van der Waals surface area contributed by atoms with Crippen LogP contribution in [0.4, 0.5) is 15.3 Å². The van der Waals surface area contributed by atoms with E-state index in [0.29, 0.717) is 10.6 Å². The van der Waals surface area contributed by atoms with Gasteiger partial charge in [0, 0.05) is 22.2 Å². The summed E-state index contributed by atoms with van der Waals surface area (Å²) in [5, 5.41) is 7.75. The number of guanidine groups is 1. The molecule has 3 rings (SSSR count). The molecule has 0 unspecified atom stereocenters. The summed E-state index contributed by atoms with van der Waals surface area (Å²) in [5.74, 6) is -1.56. The number of nitrogens with one attached hydrogen (secondary N) is 2. The van der Waals surface area contributed by atoms with Crippen molar-refractivity contribution in [3.05, 3.63) is 74.7 Å². The molecule has 0 aliphatic heterocycles. The summed E-state index contributed by atoms with van der Waals surface area (Å²) in [5.41, 5.74) is -0.482. The fourth-order valence-corrected chi connectivity index (χ4v) is 6.00. The molecule has 0 saturated heterocycles. The number of esters is 2. The van der Waals surface area contributed by atoms with E-state index in [4.69, 9.17) is 45.1 Å². The zero-order valence-corrected chi connectivity index (χ0v) is 37.6. The van der Waals surface area contributed by atoms with E-state index < -0.39 is 40.9 Å². The van der Waals surface area contributed by atoms with Crippen molar-refractivity contribution in [1.29, 1.82) is 0 Å². The third-order valence-electron chi connectivity index (χ3n) is 7.16. The summed E-state index contributed by atoms with van der Waals surface area (Å²) in [6.45, 7) is 21.5. The molecule has 60 heavy (non-hydrogen) atoms. The summed E-state index contributed by atoms with van der Waals surface area (Å²) in [7, 11) is 0. The summed E-state index contributed by atoms with van der Waals surface area (Å²) in [6, 6.07) is 10.6. The van der Waals surface area contributed by atoms with Crippen molar-refractivity contribution in [2.24, 2.45) is 4.99 Å². The Bertz CT molecular complexity index is 2020. The van der Waals surface area contributed by atoms with Gasteiger partial charge in [-0.1, -0.05) is 38.4 Å². The Morgan fingerprint density at radius 2 is 1.33 bits per heavy atom. The van der Waals surface area contributed by atoms with Gasteiger partial charge >= 0.3 is 30.3 Å². The Morgan fingerprint density at radius 3 is 1.80 bits per heavy atom. The lowest BCUT2D eigenvalue weighted by Crippen LogP contribution is -2.47. The first-order chi connectivity index (χ1) is 27.6. The van der Waals surface area contributed by atoms with Crippen molar-refractivity contribution >= 4 is 70.8 Å². The number of aliphatic imine (C=N–C) groups is 1. The number of rotatable bonds is 10. The molecule has 18 heteroatoms. The van der Waals surface area contributed by atoms with Crippen LogP contribution in [0.1, 0.15) is 116 Å². The van der Waals surface area contributed by atoms with Crippen molar-refractivity contribution in [1.82, 2.24) is 20.5 Å². The number of thiazole rings is 1. The Morgan fingerprint density at radius 1 is 0.800 bits per heavy atom. The van der Waals surface area contributed by atoms with Gasteiger partial charge in [-0.15, -0.1) is 11.3 Å². The Hall–Kier alpha value is -5.64. The predicted octanol–water partition coefficient (Wildman–Crippen LogP) is 8.07. The minimum Gasteiger partial charge on any atom is -0.459 e. The second-order valence-electron chi connectivity index (χ2n) is 17.2. The van der Waals surface area contributed by atoms with Crippen LogP contribution in [0.5, 0.6) is 5.75 Å². The maximum absolute atomic E-state index is 13.5. The highest BCUT2D eigenvalue weighted by atomic mass is 35.5. The van der Waals surface area contributed by atoms with E-state index in [1.54, 1.807) is 74.4 Å². The van der Waals surface area contributed by atoms with E-state index in [1.165, 1.54) is 46.6 Å². The predicted molar refractivity (Wildman–Crippen MR) is 224 cm³/mol. The van der Waals surface area contributed by atoms with Gasteiger partial charge in [-0.25, -0.2) is 24.4 Å². The van der Waals surface area contributed by atoms with Crippen molar-refractivity contribution in [2.75, 3.05) is 6.54 Å². The third kappa shape index (κ3) is 19.4. The second-order valence-corrected chi connectivity index (χ2v) is 18.5. The number of nitrogens with zero attached hydrogens (tertiary/aromatic N) is 3. The number of carbonyl (C=O) groups is 5. The minimum absolute atomic E-state index is 0.0519. The molecule has 2 aromatic carbocycles. The molecule has 2 N–H and O–H groups in total. The van der Waals surface area contributed by atoms with Gasteiger partial charge in [0.15, 0.2) is 0 Å². The van der Waals surface area contributed by atoms with Gasteiger partial charge in [0.2, 0.25) is 11.9 Å². The number of hydrogen-bond acceptors (Lipinski definition) is 14. The molecular formula is C42H54ClN5O11S. The molecule has 3 aromatic rings. The molecule has 0 fully saturated rings. The van der Waals surface area contributed by atoms with Crippen LogP contribution in [-0.2, 0) is 51.8 Å². The van der Waals surface area contributed by atoms with Crippen LogP contribution in [0.15, 0.2) is 52.8 Å². The molecule has 1 aromatic heterocycles. The SMILES string of the molecule is CC(C)(C)OC(=O)CN(Cc1nc(C(C)(C)C)cs1)C(=O)CCc1ccc(OC(=O)c2ccc(N=C(NC(=O)OC(C)(C)C)NC(=O)OC(C)(C)C)cc2)cc1Cl.O=C=O. The zero-order valence-electron chi connectivity index (χ0n) is 36.1. The number of ether oxygens (including phenoxy) is 4. The van der Waals surface area contributed by atoms with Crippen molar-refractivity contribution in [3.63, 3.8) is 0 Å². The van der Waals surface area contributed by atoms with Crippen LogP contribution in [0, 0.1) is 0 Å². The smallest absolute Gasteiger partial charge is 0.414 e. The molecule has 16 nitrogen and oxygen atoms in total. The number of aryl methyl sites for hydroxylation is 1. The minimum atomic E-state index is -0.852. The fraction of sp³-hybridized carbons (Fsp3) is 0.476. The number of carbonyl (C=O) groups excluding carboxylic acids is 7. The van der Waals surface area contributed by atoms with Crippen LogP contribution < -0.4 is 15.4 Å². The molecule has 0 saturated carbocycles. The third-order valence-corrected chi connectivity index (χ3v) is 8.35. The summed E-state index contributed by atoms with van der Waals surface area (Å²) >= 11 is 8.01. The number of amides is 3. The molecule has 326 valence electrons. The van der Waals surface area contributed by atoms with Crippen molar-refractivity contribution in [2.45, 2.75) is 125 Å². The maximum Gasteiger partial charge on any atom is 0.414 e. The van der Waals surface area contributed by atoms with Crippen LogP contribution in [0.25, 0.3) is 0 Å². The molecule has 0 radical (unpaired) electrons. The number of halogens is 1. The molecule has 0 aliphatic carbocycles. The topological polar surface area (TPSA) is 209 Å². The molecule has 1 heterocycles. The molecule has 0 atom stereocenters. The van der Waals surface area contributed by atoms with E-state index in [-0.39, 0.29) is 71.4 Å². The largest absolute Gasteiger partial charge is 0.459 e. The average molecular weight is 872 g/mol. The summed E-state index contributed by atoms with van der Waals surface area (Å²) < 4.78 is 21.6. The fourth-order valence-electron chi connectivity index (χ4n) is 4.70. The van der Waals surface area contributed by atoms with Gasteiger partial charge in [-0.05, 0) is 111 Å². The molecule has 0 spiro atoms. The lowest BCUT2D eigenvalue weighted by molar-refractivity contribution is -0.191. The van der Waals surface area contributed by atoms with E-state index in [0.717, 1.165) is 5.69 Å². The number of benzene rings is 2. The van der Waals surface area contributed by atoms with E-state index in [2.05, 4.69) is 36.4 Å². The number of alkyl carbamates (subject to hydrolysis) is 2. The first-order valence-corrected chi connectivity index (χ1v) is 20.0. The maximum atomic E-state index is 13.5. The average Bonchev–Trinajstić information content (AvgIpc) is 3.55. The molecule has 0 aliphatic rings. The first kappa shape index (κ1) is 50.5. The standard InChI is InChI=1S/C41H54ClN5O9S.CO2/c1-38(2,3)30-24-57-31(44-30)22-47(23-33(49)54-39(4,5)6)32(48)20-16-25-15-19-28(21-29(25)42)53-34(50)26-13-17-27(18-14-26)43-35(45-36(51)55-40(7,8)9)46-37(52)56-41(10,11)12;2-1-3/h13-15,17-19,21,24H,16,20,22-23H2,1-12H3,(H2,43,45,46,51,52);. The molecular weight excluding hydrogens is 818 g/mol. The van der Waals surface area contributed by atoms with Gasteiger partial charge < -0.3 is 23.8 Å². The quantitative estimate of drug-likeness (QED) is 0.0652. The highest BCUT2D eigenvalue weighted by Gasteiger charge is 2.26. The van der Waals surface area contributed by atoms with Crippen LogP contribution in [0.3, 0.4) is 0 Å². The highest BCUT2D eigenvalue weighted by Crippen LogP contribution is 2.27.